The second-order valence-electron chi connectivity index (χ2n) is 4.13. The molecule has 2 aromatic rings. The summed E-state index contributed by atoms with van der Waals surface area (Å²) in [6.07, 6.45) is 2.31. The van der Waals surface area contributed by atoms with Crippen molar-refractivity contribution in [3.05, 3.63) is 58.0 Å². The number of nitro groups is 1. The van der Waals surface area contributed by atoms with E-state index in [0.717, 1.165) is 6.20 Å². The molecule has 1 aromatic heterocycles. The normalized spacial score (nSPS) is 9.09. The zero-order valence-corrected chi connectivity index (χ0v) is 11.5. The van der Waals surface area contributed by atoms with Gasteiger partial charge in [-0.2, -0.15) is 20.9 Å². The van der Waals surface area contributed by atoms with Gasteiger partial charge in [0.25, 0.3) is 0 Å². The first kappa shape index (κ1) is 15.2. The summed E-state index contributed by atoms with van der Waals surface area (Å²) in [4.78, 5) is 10.2. The van der Waals surface area contributed by atoms with Crippen LogP contribution in [0.1, 0.15) is 0 Å². The van der Waals surface area contributed by atoms with Crippen molar-refractivity contribution in [1.29, 1.82) is 15.8 Å². The third-order valence-electron chi connectivity index (χ3n) is 2.78. The Morgan fingerprint density at radius 2 is 1.91 bits per heavy atom. The lowest BCUT2D eigenvalue weighted by Crippen LogP contribution is -2.05. The fourth-order valence-corrected chi connectivity index (χ4v) is 1.74. The lowest BCUT2D eigenvalue weighted by atomic mass is 10.2. The van der Waals surface area contributed by atoms with Crippen LogP contribution < -0.4 is 5.32 Å². The molecule has 1 aromatic carbocycles. The fourth-order valence-electron chi connectivity index (χ4n) is 1.74. The molecule has 0 aliphatic rings. The van der Waals surface area contributed by atoms with E-state index in [1.807, 2.05) is 0 Å². The molecule has 0 spiro atoms. The van der Waals surface area contributed by atoms with Gasteiger partial charge in [0.15, 0.2) is 5.57 Å². The maximum Gasteiger partial charge on any atom is 0.307 e. The van der Waals surface area contributed by atoms with Crippen molar-refractivity contribution in [2.24, 2.45) is 0 Å². The standard InChI is InChI=1S/C14H7N7O2/c15-5-10(6-16)13(7-17)19-12-3-1-2-4-14(12)20-9-11(8-18-20)21(22)23/h1-4,8-9,19H. The second-order valence-corrected chi connectivity index (χ2v) is 4.13. The van der Waals surface area contributed by atoms with Crippen molar-refractivity contribution in [2.75, 3.05) is 5.32 Å². The Morgan fingerprint density at radius 3 is 2.48 bits per heavy atom. The molecule has 0 amide bonds. The number of rotatable bonds is 4. The van der Waals surface area contributed by atoms with Gasteiger partial charge in [0.1, 0.15) is 36.3 Å². The van der Waals surface area contributed by atoms with E-state index < -0.39 is 4.92 Å². The van der Waals surface area contributed by atoms with Gasteiger partial charge in [-0.1, -0.05) is 12.1 Å². The zero-order valence-electron chi connectivity index (χ0n) is 11.5. The Labute approximate surface area is 130 Å². The Hall–Kier alpha value is -4.16. The van der Waals surface area contributed by atoms with Crippen LogP contribution in [-0.4, -0.2) is 14.7 Å². The van der Waals surface area contributed by atoms with Gasteiger partial charge < -0.3 is 5.32 Å². The van der Waals surface area contributed by atoms with Gasteiger partial charge in [-0.25, -0.2) is 4.68 Å². The Balaban J connectivity index is 2.49. The minimum absolute atomic E-state index is 0.189. The molecular weight excluding hydrogens is 298 g/mol. The highest BCUT2D eigenvalue weighted by molar-refractivity contribution is 5.67. The molecular formula is C14H7N7O2. The van der Waals surface area contributed by atoms with Crippen LogP contribution in [0, 0.1) is 44.1 Å². The van der Waals surface area contributed by atoms with E-state index in [1.165, 1.54) is 10.9 Å². The zero-order chi connectivity index (χ0) is 16.8. The first-order valence-electron chi connectivity index (χ1n) is 6.10. The Kier molecular flexibility index (Phi) is 4.32. The maximum atomic E-state index is 10.7. The molecule has 0 fully saturated rings. The Bertz CT molecular complexity index is 906. The minimum atomic E-state index is -0.580. The highest BCUT2D eigenvalue weighted by atomic mass is 16.6. The number of nitrogens with one attached hydrogen (secondary N) is 1. The highest BCUT2D eigenvalue weighted by Gasteiger charge is 2.14. The largest absolute Gasteiger partial charge is 0.343 e. The molecule has 1 N–H and O–H groups in total. The summed E-state index contributed by atoms with van der Waals surface area (Å²) in [6.45, 7) is 0. The molecule has 0 unspecified atom stereocenters. The number of para-hydroxylation sites is 2. The molecule has 9 heteroatoms. The van der Waals surface area contributed by atoms with Crippen LogP contribution in [-0.2, 0) is 0 Å². The van der Waals surface area contributed by atoms with E-state index in [-0.39, 0.29) is 17.0 Å². The van der Waals surface area contributed by atoms with Crippen molar-refractivity contribution < 1.29 is 4.92 Å². The van der Waals surface area contributed by atoms with E-state index in [9.17, 15) is 10.1 Å². The summed E-state index contributed by atoms with van der Waals surface area (Å²) < 4.78 is 1.26. The molecule has 0 bridgehead atoms. The number of nitriles is 3. The van der Waals surface area contributed by atoms with Crippen molar-refractivity contribution in [3.8, 4) is 23.9 Å². The first-order chi connectivity index (χ1) is 11.1. The molecule has 2 rings (SSSR count). The minimum Gasteiger partial charge on any atom is -0.343 e. The summed E-state index contributed by atoms with van der Waals surface area (Å²) in [5.74, 6) is 0. The van der Waals surface area contributed by atoms with Gasteiger partial charge in [0, 0.05) is 0 Å². The van der Waals surface area contributed by atoms with Crippen LogP contribution in [0.2, 0.25) is 0 Å². The number of allylic oxidation sites excluding steroid dienone is 2. The summed E-state index contributed by atoms with van der Waals surface area (Å²) in [5, 5.41) is 44.1. The van der Waals surface area contributed by atoms with Gasteiger partial charge in [0.2, 0.25) is 0 Å². The van der Waals surface area contributed by atoms with Crippen LogP contribution in [0.25, 0.3) is 5.69 Å². The predicted molar refractivity (Wildman–Crippen MR) is 77.7 cm³/mol. The fraction of sp³-hybridized carbons (Fsp3) is 0. The number of aromatic nitrogens is 2. The molecule has 1 heterocycles. The van der Waals surface area contributed by atoms with Gasteiger partial charge in [-0.3, -0.25) is 10.1 Å². The molecule has 0 aliphatic heterocycles. The number of hydrogen-bond donors (Lipinski definition) is 1. The first-order valence-corrected chi connectivity index (χ1v) is 6.10. The van der Waals surface area contributed by atoms with Crippen LogP contribution >= 0.6 is 0 Å². The van der Waals surface area contributed by atoms with Gasteiger partial charge in [-0.05, 0) is 12.1 Å². The van der Waals surface area contributed by atoms with Crippen LogP contribution in [0.3, 0.4) is 0 Å². The lowest BCUT2D eigenvalue weighted by molar-refractivity contribution is -0.384. The van der Waals surface area contributed by atoms with Crippen molar-refractivity contribution in [3.63, 3.8) is 0 Å². The third-order valence-corrected chi connectivity index (χ3v) is 2.78. The second kappa shape index (κ2) is 6.53. The third kappa shape index (κ3) is 3.13. The molecule has 9 nitrogen and oxygen atoms in total. The summed E-state index contributed by atoms with van der Waals surface area (Å²) in [7, 11) is 0. The average Bonchev–Trinajstić information content (AvgIpc) is 3.05. The van der Waals surface area contributed by atoms with E-state index >= 15 is 0 Å². The van der Waals surface area contributed by atoms with Crippen molar-refractivity contribution in [2.45, 2.75) is 0 Å². The molecule has 23 heavy (non-hydrogen) atoms. The highest BCUT2D eigenvalue weighted by Crippen LogP contribution is 2.23. The van der Waals surface area contributed by atoms with Gasteiger partial charge in [0.05, 0.1) is 16.3 Å². The molecule has 110 valence electrons. The van der Waals surface area contributed by atoms with Crippen molar-refractivity contribution >= 4 is 11.4 Å². The number of benzene rings is 1. The van der Waals surface area contributed by atoms with Gasteiger partial charge in [-0.15, -0.1) is 0 Å². The maximum absolute atomic E-state index is 10.7. The van der Waals surface area contributed by atoms with Crippen LogP contribution in [0.5, 0.6) is 0 Å². The number of anilines is 1. The summed E-state index contributed by atoms with van der Waals surface area (Å²) >= 11 is 0. The molecule has 0 saturated heterocycles. The van der Waals surface area contributed by atoms with E-state index in [1.54, 1.807) is 42.5 Å². The average molecular weight is 305 g/mol. The summed E-state index contributed by atoms with van der Waals surface area (Å²) in [5.41, 5.74) is 0.0112. The quantitative estimate of drug-likeness (QED) is 0.516. The van der Waals surface area contributed by atoms with E-state index in [2.05, 4.69) is 10.4 Å². The predicted octanol–water partition coefficient (Wildman–Crippen LogP) is 2.02. The number of hydrogen-bond acceptors (Lipinski definition) is 7. The Morgan fingerprint density at radius 1 is 1.22 bits per heavy atom. The van der Waals surface area contributed by atoms with Crippen molar-refractivity contribution in [1.82, 2.24) is 9.78 Å². The molecule has 0 atom stereocenters. The monoisotopic (exact) mass is 305 g/mol. The molecule has 0 aliphatic carbocycles. The molecule has 0 saturated carbocycles. The van der Waals surface area contributed by atoms with E-state index in [0.29, 0.717) is 11.4 Å². The number of nitrogens with zero attached hydrogens (tertiary/aromatic N) is 6. The smallest absolute Gasteiger partial charge is 0.307 e. The topological polar surface area (TPSA) is 144 Å². The summed E-state index contributed by atoms with van der Waals surface area (Å²) in [6, 6.07) is 11.5. The van der Waals surface area contributed by atoms with E-state index in [4.69, 9.17) is 15.8 Å². The molecule has 0 radical (unpaired) electrons. The van der Waals surface area contributed by atoms with Gasteiger partial charge >= 0.3 is 5.69 Å². The lowest BCUT2D eigenvalue weighted by Gasteiger charge is -2.10. The SMILES string of the molecule is N#CC(C#N)=C(C#N)Nc1ccccc1-n1cc([N+](=O)[O-])cn1. The van der Waals surface area contributed by atoms with Crippen LogP contribution in [0.4, 0.5) is 11.4 Å². The van der Waals surface area contributed by atoms with Crippen LogP contribution in [0.15, 0.2) is 47.9 Å².